The van der Waals surface area contributed by atoms with E-state index in [-0.39, 0.29) is 29.8 Å². The predicted molar refractivity (Wildman–Crippen MR) is 105 cm³/mol. The normalized spacial score (nSPS) is 11.0. The van der Waals surface area contributed by atoms with E-state index < -0.39 is 0 Å². The van der Waals surface area contributed by atoms with E-state index in [9.17, 15) is 4.39 Å². The fourth-order valence-corrected chi connectivity index (χ4v) is 1.89. The van der Waals surface area contributed by atoms with Crippen LogP contribution in [-0.2, 0) is 11.2 Å². The third-order valence-corrected chi connectivity index (χ3v) is 3.11. The molecule has 0 amide bonds. The summed E-state index contributed by atoms with van der Waals surface area (Å²) in [4.78, 5) is 4.47. The predicted octanol–water partition coefficient (Wildman–Crippen LogP) is 3.36. The molecule has 0 heterocycles. The van der Waals surface area contributed by atoms with E-state index in [1.807, 2.05) is 19.1 Å². The summed E-state index contributed by atoms with van der Waals surface area (Å²) >= 11 is 0. The number of hydrogen-bond acceptors (Lipinski definition) is 2. The Kier molecular flexibility index (Phi) is 14.1. The van der Waals surface area contributed by atoms with Crippen molar-refractivity contribution in [1.29, 1.82) is 0 Å². The minimum absolute atomic E-state index is 0. The Balaban J connectivity index is 0.00000484. The van der Waals surface area contributed by atoms with Crippen LogP contribution in [0, 0.1) is 5.82 Å². The van der Waals surface area contributed by atoms with Crippen LogP contribution in [0.25, 0.3) is 0 Å². The highest BCUT2D eigenvalue weighted by Crippen LogP contribution is 2.02. The van der Waals surface area contributed by atoms with Crippen molar-refractivity contribution in [3.63, 3.8) is 0 Å². The van der Waals surface area contributed by atoms with Crippen molar-refractivity contribution in [2.75, 3.05) is 32.8 Å². The summed E-state index contributed by atoms with van der Waals surface area (Å²) in [6.07, 6.45) is 3.08. The highest BCUT2D eigenvalue weighted by atomic mass is 127. The standard InChI is InChI=1S/C17H28FN3O.HI/c1-3-5-13-22-14-12-21-17(19-4-2)20-11-10-15-6-8-16(18)9-7-15;/h6-9H,3-5,10-14H2,1-2H3,(H2,19,20,21);1H. The largest absolute Gasteiger partial charge is 0.380 e. The zero-order valence-corrected chi connectivity index (χ0v) is 16.4. The van der Waals surface area contributed by atoms with E-state index in [1.54, 1.807) is 0 Å². The van der Waals surface area contributed by atoms with Crippen LogP contribution in [0.4, 0.5) is 4.39 Å². The van der Waals surface area contributed by atoms with Crippen LogP contribution in [0.5, 0.6) is 0 Å². The Morgan fingerprint density at radius 3 is 2.52 bits per heavy atom. The highest BCUT2D eigenvalue weighted by Gasteiger charge is 1.98. The van der Waals surface area contributed by atoms with E-state index in [0.29, 0.717) is 13.2 Å². The van der Waals surface area contributed by atoms with E-state index in [0.717, 1.165) is 50.5 Å². The Labute approximate surface area is 156 Å². The van der Waals surface area contributed by atoms with Crippen LogP contribution >= 0.6 is 24.0 Å². The van der Waals surface area contributed by atoms with Gasteiger partial charge < -0.3 is 15.4 Å². The van der Waals surface area contributed by atoms with E-state index in [4.69, 9.17) is 4.74 Å². The monoisotopic (exact) mass is 437 g/mol. The molecule has 1 aromatic rings. The molecule has 0 atom stereocenters. The van der Waals surface area contributed by atoms with Gasteiger partial charge >= 0.3 is 0 Å². The summed E-state index contributed by atoms with van der Waals surface area (Å²) in [7, 11) is 0. The number of ether oxygens (including phenoxy) is 1. The minimum atomic E-state index is -0.199. The Bertz CT molecular complexity index is 426. The smallest absolute Gasteiger partial charge is 0.191 e. The third-order valence-electron chi connectivity index (χ3n) is 3.11. The number of rotatable bonds is 10. The summed E-state index contributed by atoms with van der Waals surface area (Å²) in [5.74, 6) is 0.596. The maximum Gasteiger partial charge on any atom is 0.191 e. The number of nitrogens with one attached hydrogen (secondary N) is 2. The second-order valence-corrected chi connectivity index (χ2v) is 5.03. The van der Waals surface area contributed by atoms with Crippen LogP contribution < -0.4 is 10.6 Å². The van der Waals surface area contributed by atoms with Crippen LogP contribution in [0.15, 0.2) is 29.3 Å². The third kappa shape index (κ3) is 11.3. The summed E-state index contributed by atoms with van der Waals surface area (Å²) in [5, 5.41) is 6.48. The fraction of sp³-hybridized carbons (Fsp3) is 0.588. The van der Waals surface area contributed by atoms with Crippen molar-refractivity contribution >= 4 is 29.9 Å². The molecular weight excluding hydrogens is 408 g/mol. The Morgan fingerprint density at radius 2 is 1.87 bits per heavy atom. The first-order chi connectivity index (χ1) is 10.8. The molecule has 0 saturated carbocycles. The van der Waals surface area contributed by atoms with Crippen molar-refractivity contribution in [2.45, 2.75) is 33.1 Å². The number of halogens is 2. The number of aliphatic imine (C=N–C) groups is 1. The van der Waals surface area contributed by atoms with Gasteiger partial charge in [-0.2, -0.15) is 0 Å². The first kappa shape index (κ1) is 22.1. The molecule has 0 aromatic heterocycles. The first-order valence-electron chi connectivity index (χ1n) is 8.10. The van der Waals surface area contributed by atoms with Gasteiger partial charge in [-0.25, -0.2) is 4.39 Å². The highest BCUT2D eigenvalue weighted by molar-refractivity contribution is 14.0. The van der Waals surface area contributed by atoms with Crippen molar-refractivity contribution in [3.8, 4) is 0 Å². The van der Waals surface area contributed by atoms with Crippen molar-refractivity contribution in [3.05, 3.63) is 35.6 Å². The minimum Gasteiger partial charge on any atom is -0.380 e. The van der Waals surface area contributed by atoms with Crippen LogP contribution in [0.1, 0.15) is 32.3 Å². The molecule has 6 heteroatoms. The Morgan fingerprint density at radius 1 is 1.13 bits per heavy atom. The zero-order valence-electron chi connectivity index (χ0n) is 14.1. The van der Waals surface area contributed by atoms with E-state index in [1.165, 1.54) is 12.1 Å². The van der Waals surface area contributed by atoms with Gasteiger partial charge in [-0.15, -0.1) is 24.0 Å². The van der Waals surface area contributed by atoms with Gasteiger partial charge in [-0.3, -0.25) is 4.99 Å². The molecule has 0 bridgehead atoms. The molecule has 1 rings (SSSR count). The molecule has 0 aliphatic rings. The van der Waals surface area contributed by atoms with Crippen molar-refractivity contribution in [2.24, 2.45) is 4.99 Å². The SMILES string of the molecule is CCCCOCCN=C(NCC)NCCc1ccc(F)cc1.I. The average molecular weight is 437 g/mol. The topological polar surface area (TPSA) is 45.6 Å². The molecule has 23 heavy (non-hydrogen) atoms. The van der Waals surface area contributed by atoms with Gasteiger partial charge in [0.25, 0.3) is 0 Å². The number of guanidine groups is 1. The lowest BCUT2D eigenvalue weighted by Gasteiger charge is -2.11. The molecule has 132 valence electrons. The van der Waals surface area contributed by atoms with Crippen LogP contribution in [0.2, 0.25) is 0 Å². The quantitative estimate of drug-likeness (QED) is 0.256. The molecule has 0 saturated heterocycles. The molecular formula is C17H29FIN3O. The molecule has 0 aliphatic heterocycles. The average Bonchev–Trinajstić information content (AvgIpc) is 2.52. The lowest BCUT2D eigenvalue weighted by atomic mass is 10.1. The van der Waals surface area contributed by atoms with E-state index in [2.05, 4.69) is 22.5 Å². The van der Waals surface area contributed by atoms with Gasteiger partial charge in [-0.1, -0.05) is 25.5 Å². The molecule has 2 N–H and O–H groups in total. The van der Waals surface area contributed by atoms with Crippen molar-refractivity contribution < 1.29 is 9.13 Å². The lowest BCUT2D eigenvalue weighted by Crippen LogP contribution is -2.38. The van der Waals surface area contributed by atoms with Crippen LogP contribution in [0.3, 0.4) is 0 Å². The van der Waals surface area contributed by atoms with Crippen LogP contribution in [-0.4, -0.2) is 38.8 Å². The summed E-state index contributed by atoms with van der Waals surface area (Å²) < 4.78 is 18.3. The maximum absolute atomic E-state index is 12.8. The van der Waals surface area contributed by atoms with Crippen molar-refractivity contribution in [1.82, 2.24) is 10.6 Å². The van der Waals surface area contributed by atoms with Gasteiger partial charge in [0.1, 0.15) is 5.82 Å². The lowest BCUT2D eigenvalue weighted by molar-refractivity contribution is 0.139. The fourth-order valence-electron chi connectivity index (χ4n) is 1.89. The summed E-state index contributed by atoms with van der Waals surface area (Å²) in [6, 6.07) is 6.59. The molecule has 0 fully saturated rings. The number of hydrogen-bond donors (Lipinski definition) is 2. The van der Waals surface area contributed by atoms with Gasteiger partial charge in [0.2, 0.25) is 0 Å². The second-order valence-electron chi connectivity index (χ2n) is 5.03. The van der Waals surface area contributed by atoms with Gasteiger partial charge in [0.05, 0.1) is 13.2 Å². The van der Waals surface area contributed by atoms with Gasteiger partial charge in [0.15, 0.2) is 5.96 Å². The number of unbranched alkanes of at least 4 members (excludes halogenated alkanes) is 1. The first-order valence-corrected chi connectivity index (χ1v) is 8.10. The molecule has 0 spiro atoms. The summed E-state index contributed by atoms with van der Waals surface area (Å²) in [6.45, 7) is 7.86. The summed E-state index contributed by atoms with van der Waals surface area (Å²) in [5.41, 5.74) is 1.10. The molecule has 0 unspecified atom stereocenters. The Hall–Kier alpha value is -0.890. The van der Waals surface area contributed by atoms with E-state index >= 15 is 0 Å². The second kappa shape index (κ2) is 14.7. The van der Waals surface area contributed by atoms with Gasteiger partial charge in [0, 0.05) is 19.7 Å². The number of nitrogens with zero attached hydrogens (tertiary/aromatic N) is 1. The molecule has 1 aromatic carbocycles. The molecule has 4 nitrogen and oxygen atoms in total. The molecule has 0 aliphatic carbocycles. The number of benzene rings is 1. The maximum atomic E-state index is 12.8. The zero-order chi connectivity index (χ0) is 16.0. The van der Waals surface area contributed by atoms with Gasteiger partial charge in [-0.05, 0) is 37.5 Å². The molecule has 0 radical (unpaired) electrons.